The second-order valence-electron chi connectivity index (χ2n) is 3.00. The Bertz CT molecular complexity index is 486. The van der Waals surface area contributed by atoms with Crippen LogP contribution in [-0.4, -0.2) is 26.3 Å². The van der Waals surface area contributed by atoms with E-state index >= 15 is 0 Å². The number of benzene rings is 1. The molecule has 0 saturated carbocycles. The number of nitro groups is 1. The summed E-state index contributed by atoms with van der Waals surface area (Å²) >= 11 is 5.03. The summed E-state index contributed by atoms with van der Waals surface area (Å²) < 4.78 is 20.3. The molecule has 0 amide bonds. The minimum Gasteiger partial charge on any atom is -0.493 e. The molecule has 0 radical (unpaired) electrons. The van der Waals surface area contributed by atoms with E-state index in [2.05, 4.69) is 0 Å². The highest BCUT2D eigenvalue weighted by Crippen LogP contribution is 2.50. The first-order chi connectivity index (χ1) is 8.45. The summed E-state index contributed by atoms with van der Waals surface area (Å²) in [6, 6.07) is 3.90. The number of hydrogen-bond donors (Lipinski definition) is 0. The molecule has 0 fully saturated rings. The first kappa shape index (κ1) is 14.8. The normalized spacial score (nSPS) is 11.1. The molecule has 18 heavy (non-hydrogen) atoms. The van der Waals surface area contributed by atoms with Gasteiger partial charge in [0.05, 0.1) is 18.1 Å². The largest absolute Gasteiger partial charge is 0.493 e. The summed E-state index contributed by atoms with van der Waals surface area (Å²) in [5, 5.41) is 10.6. The fraction of sp³-hybridized carbons (Fsp3) is 0.333. The lowest BCUT2D eigenvalue weighted by Crippen LogP contribution is -1.99. The molecule has 1 aromatic carbocycles. The fourth-order valence-electron chi connectivity index (χ4n) is 1.11. The number of non-ortho nitro benzene ring substituents is 1. The van der Waals surface area contributed by atoms with Gasteiger partial charge in [-0.15, -0.1) is 0 Å². The van der Waals surface area contributed by atoms with Crippen molar-refractivity contribution in [1.29, 1.82) is 0 Å². The van der Waals surface area contributed by atoms with E-state index in [0.29, 0.717) is 0 Å². The van der Waals surface area contributed by atoms with Crippen LogP contribution in [0.5, 0.6) is 11.5 Å². The Morgan fingerprint density at radius 2 is 1.83 bits per heavy atom. The van der Waals surface area contributed by atoms with Crippen LogP contribution in [0.4, 0.5) is 5.69 Å². The smallest absolute Gasteiger partial charge is 0.380 e. The Kier molecular flexibility index (Phi) is 5.03. The monoisotopic (exact) mass is 293 g/mol. The molecule has 0 spiro atoms. The maximum absolute atomic E-state index is 10.6. The molecule has 0 heterocycles. The van der Waals surface area contributed by atoms with E-state index in [1.54, 1.807) is 0 Å². The van der Waals surface area contributed by atoms with Crippen LogP contribution in [0.3, 0.4) is 0 Å². The fourth-order valence-corrected chi connectivity index (χ4v) is 2.05. The maximum Gasteiger partial charge on any atom is 0.380 e. The summed E-state index contributed by atoms with van der Waals surface area (Å²) in [4.78, 5) is 10.1. The highest BCUT2D eigenvalue weighted by Gasteiger charge is 2.22. The molecule has 0 aliphatic heterocycles. The molecule has 0 saturated heterocycles. The Morgan fingerprint density at radius 3 is 2.28 bits per heavy atom. The van der Waals surface area contributed by atoms with Crippen molar-refractivity contribution < 1.29 is 23.2 Å². The van der Waals surface area contributed by atoms with Crippen molar-refractivity contribution in [3.8, 4) is 11.5 Å². The van der Waals surface area contributed by atoms with Gasteiger partial charge in [0.1, 0.15) is 0 Å². The first-order valence-electron chi connectivity index (χ1n) is 4.69. The molecular weight excluding hydrogens is 281 g/mol. The zero-order chi connectivity index (χ0) is 13.8. The predicted octanol–water partition coefficient (Wildman–Crippen LogP) is 2.50. The van der Waals surface area contributed by atoms with Gasteiger partial charge in [0, 0.05) is 32.1 Å². The third-order valence-corrected chi connectivity index (χ3v) is 4.45. The average Bonchev–Trinajstić information content (AvgIpc) is 2.38. The molecule has 0 aliphatic rings. The van der Waals surface area contributed by atoms with E-state index in [9.17, 15) is 10.1 Å². The molecule has 100 valence electrons. The van der Waals surface area contributed by atoms with Gasteiger partial charge in [-0.25, -0.2) is 0 Å². The molecule has 0 aliphatic carbocycles. The van der Waals surface area contributed by atoms with Gasteiger partial charge < -0.3 is 18.3 Å². The lowest BCUT2D eigenvalue weighted by Gasteiger charge is -2.19. The van der Waals surface area contributed by atoms with E-state index in [1.807, 2.05) is 0 Å². The molecule has 0 bridgehead atoms. The van der Waals surface area contributed by atoms with Crippen molar-refractivity contribution in [2.45, 2.75) is 0 Å². The lowest BCUT2D eigenvalue weighted by atomic mass is 10.3. The molecule has 9 heteroatoms. The molecule has 0 N–H and O–H groups in total. The van der Waals surface area contributed by atoms with Crippen LogP contribution in [0.15, 0.2) is 18.2 Å². The Labute approximate surface area is 109 Å². The van der Waals surface area contributed by atoms with Crippen LogP contribution in [0.2, 0.25) is 0 Å². The number of rotatable bonds is 6. The van der Waals surface area contributed by atoms with Gasteiger partial charge in [0.15, 0.2) is 11.5 Å². The number of nitro benzene ring substituents is 1. The standard InChI is InChI=1S/C9H12NO6PS/c1-13-9-6-7(10(11)12)4-5-8(9)16-17(18,14-2)15-3/h4-6H,1-3H3. The second-order valence-corrected chi connectivity index (χ2v) is 6.14. The van der Waals surface area contributed by atoms with Gasteiger partial charge in [-0.05, 0) is 6.07 Å². The van der Waals surface area contributed by atoms with Gasteiger partial charge in [0.2, 0.25) is 0 Å². The minimum absolute atomic E-state index is 0.109. The lowest BCUT2D eigenvalue weighted by molar-refractivity contribution is -0.384. The van der Waals surface area contributed by atoms with Crippen LogP contribution in [0.1, 0.15) is 0 Å². The summed E-state index contributed by atoms with van der Waals surface area (Å²) in [5.41, 5.74) is -0.109. The SMILES string of the molecule is COc1cc([N+](=O)[O-])ccc1OP(=S)(OC)OC. The predicted molar refractivity (Wildman–Crippen MR) is 68.6 cm³/mol. The first-order valence-corrected chi connectivity index (χ1v) is 7.25. The van der Waals surface area contributed by atoms with Gasteiger partial charge >= 0.3 is 6.72 Å². The van der Waals surface area contributed by atoms with E-state index < -0.39 is 11.6 Å². The molecule has 7 nitrogen and oxygen atoms in total. The second kappa shape index (κ2) is 6.10. The van der Waals surface area contributed by atoms with Gasteiger partial charge in [-0.2, -0.15) is 0 Å². The summed E-state index contributed by atoms with van der Waals surface area (Å²) in [7, 11) is 4.10. The van der Waals surface area contributed by atoms with Crippen LogP contribution >= 0.6 is 6.72 Å². The Balaban J connectivity index is 3.10. The quantitative estimate of drug-likeness (QED) is 0.453. The summed E-state index contributed by atoms with van der Waals surface area (Å²) in [6.45, 7) is -2.90. The van der Waals surface area contributed by atoms with Crippen LogP contribution in [-0.2, 0) is 20.9 Å². The van der Waals surface area contributed by atoms with Crippen molar-refractivity contribution in [1.82, 2.24) is 0 Å². The molecule has 0 aromatic heterocycles. The molecule has 0 atom stereocenters. The van der Waals surface area contributed by atoms with Gasteiger partial charge in [-0.3, -0.25) is 10.1 Å². The van der Waals surface area contributed by atoms with Crippen LogP contribution in [0.25, 0.3) is 0 Å². The molecular formula is C9H12NO6PS. The summed E-state index contributed by atoms with van der Waals surface area (Å²) in [5.74, 6) is 0.419. The van der Waals surface area contributed by atoms with E-state index in [-0.39, 0.29) is 17.2 Å². The summed E-state index contributed by atoms with van der Waals surface area (Å²) in [6.07, 6.45) is 0. The molecule has 1 rings (SSSR count). The number of ether oxygens (including phenoxy) is 1. The molecule has 0 unspecified atom stereocenters. The zero-order valence-corrected chi connectivity index (χ0v) is 11.7. The highest BCUT2D eigenvalue weighted by atomic mass is 32.5. The third kappa shape index (κ3) is 3.39. The van der Waals surface area contributed by atoms with E-state index in [0.717, 1.165) is 0 Å². The number of hydrogen-bond acceptors (Lipinski definition) is 7. The average molecular weight is 293 g/mol. The van der Waals surface area contributed by atoms with E-state index in [4.69, 9.17) is 30.1 Å². The van der Waals surface area contributed by atoms with Crippen molar-refractivity contribution in [3.63, 3.8) is 0 Å². The van der Waals surface area contributed by atoms with Crippen molar-refractivity contribution >= 4 is 24.2 Å². The van der Waals surface area contributed by atoms with Crippen molar-refractivity contribution in [2.75, 3.05) is 21.3 Å². The van der Waals surface area contributed by atoms with Crippen molar-refractivity contribution in [2.24, 2.45) is 0 Å². The topological polar surface area (TPSA) is 80.1 Å². The molecule has 1 aromatic rings. The van der Waals surface area contributed by atoms with Gasteiger partial charge in [0.25, 0.3) is 5.69 Å². The minimum atomic E-state index is -2.90. The van der Waals surface area contributed by atoms with Crippen molar-refractivity contribution in [3.05, 3.63) is 28.3 Å². The Morgan fingerprint density at radius 1 is 1.22 bits per heavy atom. The Hall–Kier alpha value is -1.21. The number of methoxy groups -OCH3 is 1. The van der Waals surface area contributed by atoms with Crippen LogP contribution in [0, 0.1) is 10.1 Å². The highest BCUT2D eigenvalue weighted by molar-refractivity contribution is 8.07. The van der Waals surface area contributed by atoms with Crippen LogP contribution < -0.4 is 9.26 Å². The van der Waals surface area contributed by atoms with E-state index in [1.165, 1.54) is 39.5 Å². The number of nitrogens with zero attached hydrogens (tertiary/aromatic N) is 1. The third-order valence-electron chi connectivity index (χ3n) is 2.02. The maximum atomic E-state index is 10.6. The van der Waals surface area contributed by atoms with Gasteiger partial charge in [-0.1, -0.05) is 0 Å². The zero-order valence-electron chi connectivity index (χ0n) is 9.98.